The molecule has 0 amide bonds. The lowest BCUT2D eigenvalue weighted by Crippen LogP contribution is -2.54. The van der Waals surface area contributed by atoms with Crippen LogP contribution in [0.5, 0.6) is 0 Å². The third kappa shape index (κ3) is 3.79. The van der Waals surface area contributed by atoms with Crippen LogP contribution in [0, 0.1) is 5.92 Å². The summed E-state index contributed by atoms with van der Waals surface area (Å²) >= 11 is 6.04. The van der Waals surface area contributed by atoms with Crippen molar-refractivity contribution in [3.8, 4) is 11.4 Å². The Bertz CT molecular complexity index is 939. The standard InChI is InChI=1S/C19H21ClN6O/c1-25-18(27)10-16(15-6-7-21-12-23-15)24-19(25)26-9-8-22-17(11-26)13-2-4-14(20)5-3-13/h2,4-7,10,12-13,17,22H,3,8-9,11H2,1H3/t13-,17?/m1/s1. The van der Waals surface area contributed by atoms with Crippen molar-refractivity contribution in [2.45, 2.75) is 12.5 Å². The van der Waals surface area contributed by atoms with Crippen LogP contribution in [0.25, 0.3) is 11.4 Å². The summed E-state index contributed by atoms with van der Waals surface area (Å²) in [5.74, 6) is 1.04. The van der Waals surface area contributed by atoms with Crippen LogP contribution >= 0.6 is 11.6 Å². The summed E-state index contributed by atoms with van der Waals surface area (Å²) in [6, 6.07) is 3.55. The monoisotopic (exact) mass is 384 g/mol. The normalized spacial score (nSPS) is 22.6. The maximum Gasteiger partial charge on any atom is 0.255 e. The molecule has 1 N–H and O–H groups in total. The predicted molar refractivity (Wildman–Crippen MR) is 106 cm³/mol. The summed E-state index contributed by atoms with van der Waals surface area (Å²) < 4.78 is 1.60. The number of hydrogen-bond donors (Lipinski definition) is 1. The molecule has 140 valence electrons. The Morgan fingerprint density at radius 3 is 2.96 bits per heavy atom. The molecule has 1 saturated heterocycles. The van der Waals surface area contributed by atoms with Gasteiger partial charge in [-0.2, -0.15) is 0 Å². The first-order chi connectivity index (χ1) is 13.1. The molecule has 1 aliphatic carbocycles. The highest BCUT2D eigenvalue weighted by molar-refractivity contribution is 6.31. The van der Waals surface area contributed by atoms with Crippen molar-refractivity contribution in [3.63, 3.8) is 0 Å². The minimum Gasteiger partial charge on any atom is -0.339 e. The number of allylic oxidation sites excluding steroid dienone is 3. The molecular weight excluding hydrogens is 364 g/mol. The molecule has 8 heteroatoms. The van der Waals surface area contributed by atoms with E-state index in [1.807, 2.05) is 6.08 Å². The first-order valence-corrected chi connectivity index (χ1v) is 9.36. The van der Waals surface area contributed by atoms with Gasteiger partial charge in [-0.3, -0.25) is 9.36 Å². The molecule has 2 aromatic heterocycles. The Morgan fingerprint density at radius 1 is 1.33 bits per heavy atom. The van der Waals surface area contributed by atoms with Crippen LogP contribution in [0.3, 0.4) is 0 Å². The topological polar surface area (TPSA) is 75.9 Å². The molecule has 0 spiro atoms. The maximum atomic E-state index is 12.5. The quantitative estimate of drug-likeness (QED) is 0.868. The van der Waals surface area contributed by atoms with Crippen molar-refractivity contribution in [3.05, 3.63) is 58.3 Å². The summed E-state index contributed by atoms with van der Waals surface area (Å²) in [4.78, 5) is 27.6. The van der Waals surface area contributed by atoms with Crippen molar-refractivity contribution < 1.29 is 0 Å². The lowest BCUT2D eigenvalue weighted by atomic mass is 9.91. The summed E-state index contributed by atoms with van der Waals surface area (Å²) in [5.41, 5.74) is 1.11. The lowest BCUT2D eigenvalue weighted by Gasteiger charge is -2.38. The second-order valence-electron chi connectivity index (χ2n) is 6.79. The number of anilines is 1. The van der Waals surface area contributed by atoms with Gasteiger partial charge in [0.15, 0.2) is 0 Å². The zero-order chi connectivity index (χ0) is 18.8. The second kappa shape index (κ2) is 7.62. The average Bonchev–Trinajstić information content (AvgIpc) is 2.71. The SMILES string of the molecule is Cn1c(N2CCNC([C@@H]3C=CC(Cl)=CC3)C2)nc(-c2ccncn2)cc1=O. The van der Waals surface area contributed by atoms with Gasteiger partial charge in [0.2, 0.25) is 5.95 Å². The zero-order valence-electron chi connectivity index (χ0n) is 15.0. The molecule has 4 rings (SSSR count). The molecule has 1 unspecified atom stereocenters. The summed E-state index contributed by atoms with van der Waals surface area (Å²) in [6.07, 6.45) is 10.2. The van der Waals surface area contributed by atoms with Gasteiger partial charge in [-0.05, 0) is 24.5 Å². The second-order valence-corrected chi connectivity index (χ2v) is 7.22. The molecule has 0 radical (unpaired) electrons. The van der Waals surface area contributed by atoms with Crippen molar-refractivity contribution in [1.82, 2.24) is 24.8 Å². The molecule has 2 aromatic rings. The number of hydrogen-bond acceptors (Lipinski definition) is 6. The summed E-state index contributed by atoms with van der Waals surface area (Å²) in [6.45, 7) is 2.39. The number of halogens is 1. The van der Waals surface area contributed by atoms with Gasteiger partial charge >= 0.3 is 0 Å². The van der Waals surface area contributed by atoms with E-state index < -0.39 is 0 Å². The molecule has 0 saturated carbocycles. The third-order valence-corrected chi connectivity index (χ3v) is 5.33. The molecule has 0 aromatic carbocycles. The van der Waals surface area contributed by atoms with Crippen LogP contribution in [-0.4, -0.2) is 45.2 Å². The maximum absolute atomic E-state index is 12.5. The highest BCUT2D eigenvalue weighted by Gasteiger charge is 2.28. The first-order valence-electron chi connectivity index (χ1n) is 8.98. The van der Waals surface area contributed by atoms with Crippen LogP contribution in [0.1, 0.15) is 6.42 Å². The summed E-state index contributed by atoms with van der Waals surface area (Å²) in [7, 11) is 1.76. The average molecular weight is 385 g/mol. The molecule has 2 aliphatic rings. The number of nitrogens with one attached hydrogen (secondary N) is 1. The van der Waals surface area contributed by atoms with Gasteiger partial charge in [0.05, 0.1) is 11.4 Å². The van der Waals surface area contributed by atoms with Crippen molar-refractivity contribution in [2.75, 3.05) is 24.5 Å². The van der Waals surface area contributed by atoms with Gasteiger partial charge in [-0.15, -0.1) is 0 Å². The Balaban J connectivity index is 1.61. The number of rotatable bonds is 3. The molecule has 3 heterocycles. The van der Waals surface area contributed by atoms with Crippen LogP contribution in [0.15, 0.2) is 52.7 Å². The van der Waals surface area contributed by atoms with Gasteiger partial charge in [0.25, 0.3) is 5.56 Å². The Labute approximate surface area is 162 Å². The largest absolute Gasteiger partial charge is 0.339 e. The highest BCUT2D eigenvalue weighted by Crippen LogP contribution is 2.25. The van der Waals surface area contributed by atoms with Crippen LogP contribution < -0.4 is 15.8 Å². The molecule has 27 heavy (non-hydrogen) atoms. The van der Waals surface area contributed by atoms with Gasteiger partial charge < -0.3 is 10.2 Å². The van der Waals surface area contributed by atoms with Crippen molar-refractivity contribution in [2.24, 2.45) is 13.0 Å². The summed E-state index contributed by atoms with van der Waals surface area (Å²) in [5, 5.41) is 4.37. The Hall–Kier alpha value is -2.51. The van der Waals surface area contributed by atoms with E-state index in [1.54, 1.807) is 23.9 Å². The zero-order valence-corrected chi connectivity index (χ0v) is 15.8. The van der Waals surface area contributed by atoms with Crippen LogP contribution in [0.4, 0.5) is 5.95 Å². The Morgan fingerprint density at radius 2 is 2.22 bits per heavy atom. The van der Waals surface area contributed by atoms with E-state index in [-0.39, 0.29) is 11.6 Å². The molecule has 0 bridgehead atoms. The minimum absolute atomic E-state index is 0.101. The molecule has 1 fully saturated rings. The van der Waals surface area contributed by atoms with Crippen molar-refractivity contribution in [1.29, 1.82) is 0 Å². The first kappa shape index (κ1) is 17.9. The van der Waals surface area contributed by atoms with E-state index in [2.05, 4.69) is 32.3 Å². The van der Waals surface area contributed by atoms with E-state index in [0.717, 1.165) is 31.1 Å². The number of piperazine rings is 1. The fraction of sp³-hybridized carbons (Fsp3) is 0.368. The molecule has 2 atom stereocenters. The minimum atomic E-state index is -0.101. The Kier molecular flexibility index (Phi) is 5.05. The van der Waals surface area contributed by atoms with Gasteiger partial charge in [-0.25, -0.2) is 15.0 Å². The van der Waals surface area contributed by atoms with Gasteiger partial charge in [0.1, 0.15) is 6.33 Å². The lowest BCUT2D eigenvalue weighted by molar-refractivity contribution is 0.371. The van der Waals surface area contributed by atoms with E-state index >= 15 is 0 Å². The van der Waals surface area contributed by atoms with Crippen LogP contribution in [-0.2, 0) is 7.05 Å². The number of nitrogens with zero attached hydrogens (tertiary/aromatic N) is 5. The highest BCUT2D eigenvalue weighted by atomic mass is 35.5. The molecule has 7 nitrogen and oxygen atoms in total. The molecule has 1 aliphatic heterocycles. The van der Waals surface area contributed by atoms with E-state index in [4.69, 9.17) is 16.6 Å². The van der Waals surface area contributed by atoms with E-state index in [0.29, 0.717) is 23.3 Å². The molecular formula is C19H21ClN6O. The fourth-order valence-electron chi connectivity index (χ4n) is 3.54. The number of aromatic nitrogens is 4. The van der Waals surface area contributed by atoms with Crippen molar-refractivity contribution >= 4 is 17.5 Å². The van der Waals surface area contributed by atoms with Crippen LogP contribution in [0.2, 0.25) is 0 Å². The smallest absolute Gasteiger partial charge is 0.255 e. The van der Waals surface area contributed by atoms with E-state index in [1.165, 1.54) is 12.4 Å². The predicted octanol–water partition coefficient (Wildman–Crippen LogP) is 1.71. The fourth-order valence-corrected chi connectivity index (χ4v) is 3.70. The van der Waals surface area contributed by atoms with Gasteiger partial charge in [0, 0.05) is 50.0 Å². The van der Waals surface area contributed by atoms with E-state index in [9.17, 15) is 4.79 Å². The van der Waals surface area contributed by atoms with Gasteiger partial charge in [-0.1, -0.05) is 23.8 Å². The third-order valence-electron chi connectivity index (χ3n) is 5.05.